The maximum absolute atomic E-state index is 13.9. The highest BCUT2D eigenvalue weighted by Crippen LogP contribution is 2.33. The zero-order chi connectivity index (χ0) is 26.0. The maximum atomic E-state index is 13.9. The van der Waals surface area contributed by atoms with E-state index in [1.807, 2.05) is 12.1 Å². The van der Waals surface area contributed by atoms with E-state index in [4.69, 9.17) is 5.73 Å². The van der Waals surface area contributed by atoms with Crippen LogP contribution >= 0.6 is 0 Å². The standard InChI is InChI=1S/C27H24F2N4O3/c1-27(2,36)6-5-24-31-14-22(16-3-4-17-13-32-26(35)21(17)10-16)25(33-24)18(11-23(30)34)7-15-8-19(28)12-20(29)9-15/h3-4,8-10,12,14,18,36H,7,11,13H2,1-2H3,(H2,30,34)(H,32,35)/t18-/m0/s1. The van der Waals surface area contributed by atoms with Crippen molar-refractivity contribution in [1.82, 2.24) is 15.3 Å². The normalized spacial score (nSPS) is 13.4. The lowest BCUT2D eigenvalue weighted by molar-refractivity contribution is -0.118. The van der Waals surface area contributed by atoms with Crippen molar-refractivity contribution in [3.05, 3.63) is 82.4 Å². The molecule has 1 aliphatic rings. The van der Waals surface area contributed by atoms with Crippen LogP contribution in [0, 0.1) is 23.5 Å². The summed E-state index contributed by atoms with van der Waals surface area (Å²) < 4.78 is 27.8. The van der Waals surface area contributed by atoms with Gasteiger partial charge in [-0.15, -0.1) is 0 Å². The average Bonchev–Trinajstić information content (AvgIpc) is 3.16. The van der Waals surface area contributed by atoms with E-state index in [0.29, 0.717) is 34.5 Å². The molecule has 2 amide bonds. The number of rotatable bonds is 6. The van der Waals surface area contributed by atoms with Gasteiger partial charge in [0.2, 0.25) is 11.7 Å². The second kappa shape index (κ2) is 9.84. The minimum Gasteiger partial charge on any atom is -0.378 e. The van der Waals surface area contributed by atoms with Crippen LogP contribution in [0.15, 0.2) is 42.6 Å². The van der Waals surface area contributed by atoms with E-state index in [0.717, 1.165) is 11.6 Å². The molecule has 0 unspecified atom stereocenters. The lowest BCUT2D eigenvalue weighted by atomic mass is 9.88. The second-order valence-electron chi connectivity index (χ2n) is 9.21. The molecule has 0 bridgehead atoms. The predicted molar refractivity (Wildman–Crippen MR) is 128 cm³/mol. The molecule has 9 heteroatoms. The van der Waals surface area contributed by atoms with Gasteiger partial charge in [0.05, 0.1) is 5.69 Å². The van der Waals surface area contributed by atoms with Crippen LogP contribution in [-0.2, 0) is 17.8 Å². The third kappa shape index (κ3) is 5.90. The Labute approximate surface area is 206 Å². The molecule has 0 aliphatic carbocycles. The van der Waals surface area contributed by atoms with E-state index in [-0.39, 0.29) is 24.6 Å². The number of benzene rings is 2. The van der Waals surface area contributed by atoms with E-state index in [9.17, 15) is 23.5 Å². The van der Waals surface area contributed by atoms with Gasteiger partial charge in [-0.05, 0) is 61.1 Å². The second-order valence-corrected chi connectivity index (χ2v) is 9.21. The highest BCUT2D eigenvalue weighted by atomic mass is 19.1. The number of carbonyl (C=O) groups excluding carboxylic acids is 2. The van der Waals surface area contributed by atoms with E-state index < -0.39 is 29.1 Å². The Kier molecular flexibility index (Phi) is 6.82. The Morgan fingerprint density at radius 3 is 2.58 bits per heavy atom. The first kappa shape index (κ1) is 24.9. The number of aromatic nitrogens is 2. The van der Waals surface area contributed by atoms with Gasteiger partial charge in [0.15, 0.2) is 0 Å². The highest BCUT2D eigenvalue weighted by Gasteiger charge is 2.25. The molecule has 1 aliphatic heterocycles. The quantitative estimate of drug-likeness (QED) is 0.459. The summed E-state index contributed by atoms with van der Waals surface area (Å²) in [6, 6.07) is 8.49. The zero-order valence-corrected chi connectivity index (χ0v) is 19.7. The van der Waals surface area contributed by atoms with Crippen LogP contribution in [-0.4, -0.2) is 32.5 Å². The molecule has 1 aromatic heterocycles. The summed E-state index contributed by atoms with van der Waals surface area (Å²) in [5.74, 6) is 2.47. The van der Waals surface area contributed by atoms with E-state index in [1.54, 1.807) is 6.07 Å². The van der Waals surface area contributed by atoms with Gasteiger partial charge in [-0.1, -0.05) is 18.1 Å². The summed E-state index contributed by atoms with van der Waals surface area (Å²) in [7, 11) is 0. The van der Waals surface area contributed by atoms with Gasteiger partial charge in [0.25, 0.3) is 5.91 Å². The summed E-state index contributed by atoms with van der Waals surface area (Å²) in [5.41, 5.74) is 7.46. The van der Waals surface area contributed by atoms with Crippen LogP contribution < -0.4 is 11.1 Å². The number of amides is 2. The molecule has 0 fully saturated rings. The summed E-state index contributed by atoms with van der Waals surface area (Å²) >= 11 is 0. The first-order chi connectivity index (χ1) is 17.0. The van der Waals surface area contributed by atoms with Crippen molar-refractivity contribution >= 4 is 11.8 Å². The highest BCUT2D eigenvalue weighted by molar-refractivity contribution is 5.99. The smallest absolute Gasteiger partial charge is 0.251 e. The summed E-state index contributed by atoms with van der Waals surface area (Å²) in [5, 5.41) is 12.7. The number of carbonyl (C=O) groups is 2. The van der Waals surface area contributed by atoms with Crippen LogP contribution in [0.25, 0.3) is 11.1 Å². The van der Waals surface area contributed by atoms with Crippen molar-refractivity contribution in [1.29, 1.82) is 0 Å². The number of primary amides is 1. The molecule has 1 atom stereocenters. The molecule has 4 rings (SSSR count). The van der Waals surface area contributed by atoms with Gasteiger partial charge in [-0.2, -0.15) is 0 Å². The van der Waals surface area contributed by atoms with E-state index in [1.165, 1.54) is 32.2 Å². The number of aliphatic hydroxyl groups is 1. The maximum Gasteiger partial charge on any atom is 0.251 e. The third-order valence-electron chi connectivity index (χ3n) is 5.64. The number of nitrogens with two attached hydrogens (primary N) is 1. The number of halogens is 2. The lowest BCUT2D eigenvalue weighted by Crippen LogP contribution is -2.19. The Balaban J connectivity index is 1.86. The van der Waals surface area contributed by atoms with Gasteiger partial charge in [0.1, 0.15) is 17.2 Å². The number of hydrogen-bond acceptors (Lipinski definition) is 5. The minimum absolute atomic E-state index is 0.0609. The summed E-state index contributed by atoms with van der Waals surface area (Å²) in [6.07, 6.45) is 1.42. The fourth-order valence-electron chi connectivity index (χ4n) is 4.10. The van der Waals surface area contributed by atoms with Crippen molar-refractivity contribution in [3.63, 3.8) is 0 Å². The minimum atomic E-state index is -1.29. The monoisotopic (exact) mass is 490 g/mol. The Morgan fingerprint density at radius 2 is 1.92 bits per heavy atom. The molecule has 4 N–H and O–H groups in total. The summed E-state index contributed by atoms with van der Waals surface area (Å²) in [6.45, 7) is 3.46. The molecular weight excluding hydrogens is 466 g/mol. The number of fused-ring (bicyclic) bond motifs is 1. The fraction of sp³-hybridized carbons (Fsp3) is 0.259. The van der Waals surface area contributed by atoms with Crippen molar-refractivity contribution in [3.8, 4) is 23.0 Å². The van der Waals surface area contributed by atoms with Gasteiger partial charge >= 0.3 is 0 Å². The topological polar surface area (TPSA) is 118 Å². The molecule has 3 aromatic rings. The first-order valence-electron chi connectivity index (χ1n) is 11.3. The van der Waals surface area contributed by atoms with Crippen molar-refractivity contribution < 1.29 is 23.5 Å². The van der Waals surface area contributed by atoms with Crippen LogP contribution in [0.4, 0.5) is 8.78 Å². The Morgan fingerprint density at radius 1 is 1.19 bits per heavy atom. The SMILES string of the molecule is CC(C)(O)C#Cc1ncc(-c2ccc3c(c2)C(=O)NC3)c([C@H](CC(N)=O)Cc2cc(F)cc(F)c2)n1. The van der Waals surface area contributed by atoms with Crippen molar-refractivity contribution in [2.24, 2.45) is 5.73 Å². The number of hydrogen-bond donors (Lipinski definition) is 3. The largest absolute Gasteiger partial charge is 0.378 e. The Hall–Kier alpha value is -4.16. The molecule has 0 saturated heterocycles. The fourth-order valence-corrected chi connectivity index (χ4v) is 4.10. The molecular formula is C27H24F2N4O3. The van der Waals surface area contributed by atoms with Crippen molar-refractivity contribution in [2.75, 3.05) is 0 Å². The van der Waals surface area contributed by atoms with Gasteiger partial charge in [-0.25, -0.2) is 18.7 Å². The van der Waals surface area contributed by atoms with E-state index in [2.05, 4.69) is 27.1 Å². The molecule has 2 aromatic carbocycles. The first-order valence-corrected chi connectivity index (χ1v) is 11.3. The predicted octanol–water partition coefficient (Wildman–Crippen LogP) is 2.99. The number of nitrogens with one attached hydrogen (secondary N) is 1. The van der Waals surface area contributed by atoms with Crippen LogP contribution in [0.3, 0.4) is 0 Å². The molecule has 36 heavy (non-hydrogen) atoms. The molecule has 0 saturated carbocycles. The van der Waals surface area contributed by atoms with Gasteiger partial charge < -0.3 is 16.2 Å². The van der Waals surface area contributed by atoms with Crippen LogP contribution in [0.5, 0.6) is 0 Å². The third-order valence-corrected chi connectivity index (χ3v) is 5.64. The molecule has 0 spiro atoms. The average molecular weight is 491 g/mol. The van der Waals surface area contributed by atoms with Gasteiger partial charge in [0, 0.05) is 42.3 Å². The van der Waals surface area contributed by atoms with Crippen molar-refractivity contribution in [2.45, 2.75) is 44.8 Å². The molecule has 184 valence electrons. The molecule has 7 nitrogen and oxygen atoms in total. The van der Waals surface area contributed by atoms with Crippen LogP contribution in [0.1, 0.15) is 59.2 Å². The zero-order valence-electron chi connectivity index (χ0n) is 19.7. The summed E-state index contributed by atoms with van der Waals surface area (Å²) in [4.78, 5) is 33.1. The van der Waals surface area contributed by atoms with E-state index >= 15 is 0 Å². The lowest BCUT2D eigenvalue weighted by Gasteiger charge is -2.19. The van der Waals surface area contributed by atoms with Crippen LogP contribution in [0.2, 0.25) is 0 Å². The molecule has 0 radical (unpaired) electrons. The van der Waals surface area contributed by atoms with Gasteiger partial charge in [-0.3, -0.25) is 9.59 Å². The molecule has 2 heterocycles. The Bertz CT molecular complexity index is 1400. The number of nitrogens with zero attached hydrogens (tertiary/aromatic N) is 2.